The molecule has 4 N–H and O–H groups in total. The second-order valence-corrected chi connectivity index (χ2v) is 22.1. The van der Waals surface area contributed by atoms with Crippen LogP contribution in [0.2, 0.25) is 0 Å². The van der Waals surface area contributed by atoms with Gasteiger partial charge >= 0.3 is 23.9 Å². The molecule has 0 bridgehead atoms. The smallest absolute Gasteiger partial charge is 0.339 e. The van der Waals surface area contributed by atoms with E-state index in [-0.39, 0.29) is 79.4 Å². The average molecular weight is 1190 g/mol. The van der Waals surface area contributed by atoms with Gasteiger partial charge in [-0.15, -0.1) is 12.4 Å². The number of methoxy groups -OCH3 is 1. The van der Waals surface area contributed by atoms with Crippen LogP contribution in [-0.2, 0) is 48.0 Å². The number of rotatable bonds is 10. The molecule has 0 atom stereocenters. The van der Waals surface area contributed by atoms with E-state index in [0.29, 0.717) is 98.0 Å². The quantitative estimate of drug-likeness (QED) is 0.0581. The Kier molecular flexibility index (Phi) is 19.0. The van der Waals surface area contributed by atoms with E-state index in [1.807, 2.05) is 24.3 Å². The lowest BCUT2D eigenvalue weighted by Gasteiger charge is -2.33. The Morgan fingerprint density at radius 3 is 1.14 bits per heavy atom. The fourth-order valence-electron chi connectivity index (χ4n) is 13.0. The number of fused-ring (bicyclic) bond motifs is 8. The maximum atomic E-state index is 14.8. The Bertz CT molecular complexity index is 3150. The van der Waals surface area contributed by atoms with Crippen molar-refractivity contribution in [2.75, 3.05) is 46.6 Å². The fourth-order valence-corrected chi connectivity index (χ4v) is 13.0. The van der Waals surface area contributed by atoms with E-state index >= 15 is 0 Å². The van der Waals surface area contributed by atoms with E-state index < -0.39 is 69.6 Å². The van der Waals surface area contributed by atoms with Crippen LogP contribution in [0.15, 0.2) is 72.8 Å². The summed E-state index contributed by atoms with van der Waals surface area (Å²) >= 11 is 0. The second-order valence-electron chi connectivity index (χ2n) is 22.1. The lowest BCUT2D eigenvalue weighted by molar-refractivity contribution is -0.0302. The van der Waals surface area contributed by atoms with E-state index in [1.54, 1.807) is 13.2 Å². The van der Waals surface area contributed by atoms with Gasteiger partial charge in [-0.3, -0.25) is 0 Å². The summed E-state index contributed by atoms with van der Waals surface area (Å²) in [6.07, 6.45) is 14.2. The van der Waals surface area contributed by atoms with Crippen LogP contribution in [-0.4, -0.2) is 85.8 Å². The van der Waals surface area contributed by atoms with Gasteiger partial charge in [0.15, 0.2) is 0 Å². The number of piperidine rings is 1. The maximum absolute atomic E-state index is 14.8. The molecule has 0 amide bonds. The Hall–Kier alpha value is -7.13. The predicted molar refractivity (Wildman–Crippen MR) is 297 cm³/mol. The Morgan fingerprint density at radius 1 is 0.452 bits per heavy atom. The van der Waals surface area contributed by atoms with E-state index in [4.69, 9.17) is 48.1 Å². The highest BCUT2D eigenvalue weighted by Gasteiger charge is 2.52. The topological polar surface area (TPSA) is 215 Å². The minimum absolute atomic E-state index is 0. The summed E-state index contributed by atoms with van der Waals surface area (Å²) in [5.41, 5.74) is 0.254. The first-order valence-corrected chi connectivity index (χ1v) is 28.5. The molecule has 0 unspecified atom stereocenters. The maximum Gasteiger partial charge on any atom is 0.339 e. The summed E-state index contributed by atoms with van der Waals surface area (Å²) in [5.74, 6) is -2.49. The molecule has 5 aromatic carbocycles. The third-order valence-electron chi connectivity index (χ3n) is 16.8. The highest BCUT2D eigenvalue weighted by molar-refractivity contribution is 5.97. The molecule has 84 heavy (non-hydrogen) atoms. The van der Waals surface area contributed by atoms with E-state index in [0.717, 1.165) is 75.2 Å². The van der Waals surface area contributed by atoms with Gasteiger partial charge in [-0.25, -0.2) is 36.7 Å². The molecule has 16 nitrogen and oxygen atoms in total. The highest BCUT2D eigenvalue weighted by atomic mass is 35.5. The Balaban J connectivity index is 0.000000135. The van der Waals surface area contributed by atoms with Crippen molar-refractivity contribution >= 4 is 36.3 Å². The summed E-state index contributed by atoms with van der Waals surface area (Å²) < 4.78 is 101. The first kappa shape index (κ1) is 61.4. The SMILES string of the molecule is COc1ccc(COc2cc(F)c3c(c2)C(=O)OC32CCCCC2)cc1.Cl.O=C1OC2(CCCCC2)c2c(F)cc(O)cc21.O=C1OC2(CCCCC2)c2c(F)cc(OCCO)cc21.O=C1OC2(CCNCC2)c2c(F)cc(OCCO)cc21. The molecule has 3 aliphatic carbocycles. The number of benzene rings is 5. The van der Waals surface area contributed by atoms with Gasteiger partial charge in [0.05, 0.1) is 42.6 Å². The number of aromatic hydroxyl groups is 1. The number of ether oxygens (including phenoxy) is 8. The van der Waals surface area contributed by atoms with Crippen molar-refractivity contribution in [3.05, 3.63) is 146 Å². The van der Waals surface area contributed by atoms with Crippen LogP contribution in [0.5, 0.6) is 28.7 Å². The number of hydrogen-bond acceptors (Lipinski definition) is 16. The highest BCUT2D eigenvalue weighted by Crippen LogP contribution is 2.52. The Morgan fingerprint density at radius 2 is 0.786 bits per heavy atom. The fraction of sp³-hybridized carbons (Fsp3) is 0.460. The van der Waals surface area contributed by atoms with Crippen molar-refractivity contribution in [2.45, 2.75) is 138 Å². The van der Waals surface area contributed by atoms with Crippen LogP contribution in [0.3, 0.4) is 0 Å². The van der Waals surface area contributed by atoms with E-state index in [1.165, 1.54) is 36.4 Å². The van der Waals surface area contributed by atoms with Crippen molar-refractivity contribution in [2.24, 2.45) is 0 Å². The zero-order valence-electron chi connectivity index (χ0n) is 46.6. The molecule has 5 heterocycles. The van der Waals surface area contributed by atoms with Gasteiger partial charge in [0, 0.05) is 59.4 Å². The third-order valence-corrected chi connectivity index (χ3v) is 16.8. The summed E-state index contributed by atoms with van der Waals surface area (Å²) in [5, 5.41) is 30.0. The average Bonchev–Trinajstić information content (AvgIpc) is 2.51. The van der Waals surface area contributed by atoms with Crippen molar-refractivity contribution in [1.82, 2.24) is 5.32 Å². The molecule has 3 saturated carbocycles. The van der Waals surface area contributed by atoms with Crippen molar-refractivity contribution in [3.63, 3.8) is 0 Å². The second kappa shape index (κ2) is 26.0. The van der Waals surface area contributed by atoms with Crippen LogP contribution in [0, 0.1) is 23.3 Å². The van der Waals surface area contributed by atoms with Gasteiger partial charge in [0.1, 0.15) is 94.2 Å². The van der Waals surface area contributed by atoms with Crippen LogP contribution in [0.4, 0.5) is 17.6 Å². The number of aliphatic hydroxyl groups excluding tert-OH is 2. The molecule has 1 saturated heterocycles. The standard InChI is InChI=1S/C21H21FO4.C15H17FO4.C14H16FNO4.C13H13FO3.ClH/c1-24-15-7-5-14(6-8-15)13-25-16-11-17-19(18(22)12-16)21(26-20(17)23)9-3-2-4-10-21;16-12-9-10(19-7-6-17)8-11-13(12)15(20-14(11)18)4-2-1-3-5-15;15-11-8-9(19-6-5-17)7-10-12(11)14(20-13(10)18)1-3-16-4-2-14;14-10-7-8(15)6-9-11(10)13(17-12(9)16)4-2-1-3-5-13;/h5-8,11-12H,2-4,9-10,13H2,1H3;8-9,17H,1-7H2;7-8,16-17H,1-6H2;6-7,15H,1-5H2;1H. The van der Waals surface area contributed by atoms with Crippen molar-refractivity contribution in [3.8, 4) is 28.7 Å². The van der Waals surface area contributed by atoms with Gasteiger partial charge < -0.3 is 58.5 Å². The molecule has 8 aliphatic rings. The summed E-state index contributed by atoms with van der Waals surface area (Å²) in [4.78, 5) is 48.1. The molecule has 0 aromatic heterocycles. The van der Waals surface area contributed by atoms with Crippen LogP contribution >= 0.6 is 12.4 Å². The summed E-state index contributed by atoms with van der Waals surface area (Å²) in [6.45, 7) is 1.46. The molecule has 13 rings (SSSR count). The molecule has 5 aromatic rings. The zero-order valence-corrected chi connectivity index (χ0v) is 47.4. The monoisotopic (exact) mass is 1190 g/mol. The van der Waals surface area contributed by atoms with Crippen molar-refractivity contribution in [1.29, 1.82) is 0 Å². The predicted octanol–water partition coefficient (Wildman–Crippen LogP) is 11.5. The number of phenols is 1. The molecule has 450 valence electrons. The van der Waals surface area contributed by atoms with Crippen molar-refractivity contribution < 1.29 is 90.0 Å². The molecule has 4 spiro atoms. The van der Waals surface area contributed by atoms with Crippen LogP contribution < -0.4 is 24.3 Å². The number of phenolic OH excluding ortho intramolecular Hbond substituents is 1. The van der Waals surface area contributed by atoms with Gasteiger partial charge in [-0.05, 0) is 132 Å². The van der Waals surface area contributed by atoms with Gasteiger partial charge in [-0.2, -0.15) is 0 Å². The first-order chi connectivity index (χ1) is 40.1. The van der Waals surface area contributed by atoms with E-state index in [9.17, 15) is 41.8 Å². The summed E-state index contributed by atoms with van der Waals surface area (Å²) in [7, 11) is 1.61. The number of hydrogen-bond donors (Lipinski definition) is 4. The van der Waals surface area contributed by atoms with Gasteiger partial charge in [0.2, 0.25) is 0 Å². The number of halogens is 5. The number of esters is 4. The number of carbonyl (C=O) groups excluding carboxylic acids is 4. The zero-order chi connectivity index (χ0) is 58.5. The van der Waals surface area contributed by atoms with E-state index in [2.05, 4.69) is 5.32 Å². The molecule has 0 radical (unpaired) electrons. The molecular weight excluding hydrogens is 1120 g/mol. The van der Waals surface area contributed by atoms with Crippen LogP contribution in [0.1, 0.15) is 178 Å². The molecule has 21 heteroatoms. The summed E-state index contributed by atoms with van der Waals surface area (Å²) in [6, 6.07) is 18.3. The lowest BCUT2D eigenvalue weighted by Crippen LogP contribution is -2.40. The number of carbonyl (C=O) groups is 4. The van der Waals surface area contributed by atoms with Gasteiger partial charge in [-0.1, -0.05) is 31.4 Å². The normalized spacial score (nSPS) is 19.2. The number of aliphatic hydroxyl groups is 2. The minimum atomic E-state index is -0.836. The molecule has 5 aliphatic heterocycles. The van der Waals surface area contributed by atoms with Gasteiger partial charge in [0.25, 0.3) is 0 Å². The largest absolute Gasteiger partial charge is 0.508 e. The molecular formula is C63H68ClF4NO15. The lowest BCUT2D eigenvalue weighted by atomic mass is 9.79. The molecule has 4 fully saturated rings. The first-order valence-electron chi connectivity index (χ1n) is 28.5. The number of nitrogens with one attached hydrogen (secondary N) is 1. The van der Waals surface area contributed by atoms with Crippen LogP contribution in [0.25, 0.3) is 0 Å². The minimum Gasteiger partial charge on any atom is -0.508 e. The third kappa shape index (κ3) is 12.4. The Labute approximate surface area is 489 Å².